The second-order valence-corrected chi connectivity index (χ2v) is 5.95. The summed E-state index contributed by atoms with van der Waals surface area (Å²) < 4.78 is 0.925. The van der Waals surface area contributed by atoms with Crippen molar-refractivity contribution in [2.75, 3.05) is 29.4 Å². The zero-order chi connectivity index (χ0) is 14.8. The average molecular weight is 345 g/mol. The van der Waals surface area contributed by atoms with Crippen molar-refractivity contribution in [2.24, 2.45) is 0 Å². The number of anilines is 2. The molecular weight excluding hydrogens is 328 g/mol. The first-order valence-corrected chi connectivity index (χ1v) is 7.91. The number of hydrogen-bond donors (Lipinski definition) is 0. The van der Waals surface area contributed by atoms with Gasteiger partial charge in [-0.2, -0.15) is 0 Å². The number of carbonyl (C=O) groups excluding carboxylic acids is 1. The van der Waals surface area contributed by atoms with Crippen molar-refractivity contribution >= 4 is 33.2 Å². The van der Waals surface area contributed by atoms with Crippen LogP contribution in [0.5, 0.6) is 0 Å². The molecule has 2 aromatic rings. The summed E-state index contributed by atoms with van der Waals surface area (Å²) in [5, 5.41) is 0. The first-order chi connectivity index (χ1) is 10.2. The van der Waals surface area contributed by atoms with E-state index in [0.717, 1.165) is 35.5 Å². The SMILES string of the molecule is CCN1CCN(C(=O)c2cccc(Br)c2)c2ccccc21. The first kappa shape index (κ1) is 14.1. The van der Waals surface area contributed by atoms with E-state index in [4.69, 9.17) is 0 Å². The summed E-state index contributed by atoms with van der Waals surface area (Å²) in [4.78, 5) is 17.0. The predicted molar refractivity (Wildman–Crippen MR) is 90.1 cm³/mol. The maximum Gasteiger partial charge on any atom is 0.258 e. The van der Waals surface area contributed by atoms with Gasteiger partial charge in [0, 0.05) is 29.7 Å². The number of amides is 1. The third kappa shape index (κ3) is 2.68. The number of carbonyl (C=O) groups is 1. The van der Waals surface area contributed by atoms with Crippen LogP contribution in [-0.4, -0.2) is 25.5 Å². The Labute approximate surface area is 133 Å². The third-order valence-electron chi connectivity index (χ3n) is 3.81. The number of rotatable bonds is 2. The van der Waals surface area contributed by atoms with Crippen LogP contribution in [0.25, 0.3) is 0 Å². The molecule has 0 fully saturated rings. The molecule has 0 N–H and O–H groups in total. The zero-order valence-electron chi connectivity index (χ0n) is 11.9. The lowest BCUT2D eigenvalue weighted by atomic mass is 10.1. The molecule has 1 amide bonds. The maximum absolute atomic E-state index is 12.8. The number of para-hydroxylation sites is 2. The highest BCUT2D eigenvalue weighted by atomic mass is 79.9. The Morgan fingerprint density at radius 3 is 2.57 bits per heavy atom. The van der Waals surface area contributed by atoms with Gasteiger partial charge in [-0.25, -0.2) is 0 Å². The molecule has 108 valence electrons. The number of fused-ring (bicyclic) bond motifs is 1. The van der Waals surface area contributed by atoms with Crippen LogP contribution < -0.4 is 9.80 Å². The van der Waals surface area contributed by atoms with E-state index in [-0.39, 0.29) is 5.91 Å². The Morgan fingerprint density at radius 2 is 1.86 bits per heavy atom. The lowest BCUT2D eigenvalue weighted by Crippen LogP contribution is -2.44. The van der Waals surface area contributed by atoms with Crippen LogP contribution in [0.2, 0.25) is 0 Å². The van der Waals surface area contributed by atoms with Crippen LogP contribution in [0.4, 0.5) is 11.4 Å². The van der Waals surface area contributed by atoms with Crippen molar-refractivity contribution in [3.05, 3.63) is 58.6 Å². The number of hydrogen-bond acceptors (Lipinski definition) is 2. The molecule has 0 spiro atoms. The first-order valence-electron chi connectivity index (χ1n) is 7.12. The van der Waals surface area contributed by atoms with E-state index in [0.29, 0.717) is 5.56 Å². The van der Waals surface area contributed by atoms with E-state index in [1.54, 1.807) is 0 Å². The molecule has 0 atom stereocenters. The normalized spacial score (nSPS) is 14.0. The Balaban J connectivity index is 1.98. The molecule has 0 aromatic heterocycles. The van der Waals surface area contributed by atoms with Crippen LogP contribution in [0, 0.1) is 0 Å². The number of likely N-dealkylation sites (N-methyl/N-ethyl adjacent to an activating group) is 1. The minimum Gasteiger partial charge on any atom is -0.368 e. The van der Waals surface area contributed by atoms with Gasteiger partial charge in [0.15, 0.2) is 0 Å². The minimum atomic E-state index is 0.0551. The van der Waals surface area contributed by atoms with Gasteiger partial charge in [0.25, 0.3) is 5.91 Å². The Morgan fingerprint density at radius 1 is 1.10 bits per heavy atom. The van der Waals surface area contributed by atoms with Crippen molar-refractivity contribution in [1.29, 1.82) is 0 Å². The summed E-state index contributed by atoms with van der Waals surface area (Å²) in [7, 11) is 0. The number of nitrogens with zero attached hydrogens (tertiary/aromatic N) is 2. The molecule has 1 heterocycles. The topological polar surface area (TPSA) is 23.6 Å². The van der Waals surface area contributed by atoms with E-state index >= 15 is 0 Å². The Hall–Kier alpha value is -1.81. The molecule has 0 saturated heterocycles. The highest BCUT2D eigenvalue weighted by Gasteiger charge is 2.26. The summed E-state index contributed by atoms with van der Waals surface area (Å²) in [6, 6.07) is 15.7. The minimum absolute atomic E-state index is 0.0551. The van der Waals surface area contributed by atoms with E-state index < -0.39 is 0 Å². The molecule has 1 aliphatic rings. The highest BCUT2D eigenvalue weighted by molar-refractivity contribution is 9.10. The van der Waals surface area contributed by atoms with Gasteiger partial charge in [-0.15, -0.1) is 0 Å². The molecule has 2 aromatic carbocycles. The molecule has 4 heteroatoms. The quantitative estimate of drug-likeness (QED) is 0.823. The predicted octanol–water partition coefficient (Wildman–Crippen LogP) is 3.94. The lowest BCUT2D eigenvalue weighted by molar-refractivity contribution is 0.0986. The van der Waals surface area contributed by atoms with E-state index in [9.17, 15) is 4.79 Å². The van der Waals surface area contributed by atoms with Crippen molar-refractivity contribution < 1.29 is 4.79 Å². The van der Waals surface area contributed by atoms with Crippen LogP contribution in [0.15, 0.2) is 53.0 Å². The third-order valence-corrected chi connectivity index (χ3v) is 4.30. The van der Waals surface area contributed by atoms with Gasteiger partial charge < -0.3 is 9.80 Å². The van der Waals surface area contributed by atoms with Crippen LogP contribution in [0.1, 0.15) is 17.3 Å². The molecular formula is C17H17BrN2O. The van der Waals surface area contributed by atoms with Crippen molar-refractivity contribution in [3.8, 4) is 0 Å². The van der Waals surface area contributed by atoms with Gasteiger partial charge >= 0.3 is 0 Å². The van der Waals surface area contributed by atoms with Gasteiger partial charge in [0.2, 0.25) is 0 Å². The van der Waals surface area contributed by atoms with Crippen molar-refractivity contribution in [1.82, 2.24) is 0 Å². The second-order valence-electron chi connectivity index (χ2n) is 5.04. The number of benzene rings is 2. The van der Waals surface area contributed by atoms with Gasteiger partial charge in [0.05, 0.1) is 11.4 Å². The van der Waals surface area contributed by atoms with Gasteiger partial charge in [-0.3, -0.25) is 4.79 Å². The molecule has 0 bridgehead atoms. The Bertz CT molecular complexity index is 671. The lowest BCUT2D eigenvalue weighted by Gasteiger charge is -2.37. The van der Waals surface area contributed by atoms with E-state index in [1.165, 1.54) is 0 Å². The Kier molecular flexibility index (Phi) is 3.97. The summed E-state index contributed by atoms with van der Waals surface area (Å²) in [6.45, 7) is 4.68. The maximum atomic E-state index is 12.8. The summed E-state index contributed by atoms with van der Waals surface area (Å²) in [5.41, 5.74) is 2.84. The molecule has 0 saturated carbocycles. The molecule has 21 heavy (non-hydrogen) atoms. The van der Waals surface area contributed by atoms with Crippen LogP contribution >= 0.6 is 15.9 Å². The fourth-order valence-corrected chi connectivity index (χ4v) is 3.14. The number of halogens is 1. The highest BCUT2D eigenvalue weighted by Crippen LogP contribution is 2.33. The van der Waals surface area contributed by atoms with Gasteiger partial charge in [0.1, 0.15) is 0 Å². The smallest absolute Gasteiger partial charge is 0.258 e. The largest absolute Gasteiger partial charge is 0.368 e. The van der Waals surface area contributed by atoms with E-state index in [1.807, 2.05) is 47.4 Å². The molecule has 0 unspecified atom stereocenters. The van der Waals surface area contributed by atoms with E-state index in [2.05, 4.69) is 33.8 Å². The summed E-state index contributed by atoms with van der Waals surface area (Å²) in [5.74, 6) is 0.0551. The van der Waals surface area contributed by atoms with Crippen LogP contribution in [0.3, 0.4) is 0 Å². The van der Waals surface area contributed by atoms with Crippen LogP contribution in [-0.2, 0) is 0 Å². The fourth-order valence-electron chi connectivity index (χ4n) is 2.74. The molecule has 3 nitrogen and oxygen atoms in total. The van der Waals surface area contributed by atoms with Crippen molar-refractivity contribution in [2.45, 2.75) is 6.92 Å². The summed E-state index contributed by atoms with van der Waals surface area (Å²) in [6.07, 6.45) is 0. The zero-order valence-corrected chi connectivity index (χ0v) is 13.5. The second kappa shape index (κ2) is 5.90. The monoisotopic (exact) mass is 344 g/mol. The van der Waals surface area contributed by atoms with Gasteiger partial charge in [-0.05, 0) is 37.3 Å². The standard InChI is InChI=1S/C17H17BrN2O/c1-2-19-10-11-20(16-9-4-3-8-15(16)19)17(21)13-6-5-7-14(18)12-13/h3-9,12H,2,10-11H2,1H3. The van der Waals surface area contributed by atoms with Gasteiger partial charge in [-0.1, -0.05) is 34.1 Å². The molecule has 0 aliphatic carbocycles. The molecule has 3 rings (SSSR count). The van der Waals surface area contributed by atoms with Crippen molar-refractivity contribution in [3.63, 3.8) is 0 Å². The molecule has 1 aliphatic heterocycles. The average Bonchev–Trinajstić information content (AvgIpc) is 2.53. The summed E-state index contributed by atoms with van der Waals surface area (Å²) >= 11 is 3.43. The molecule has 0 radical (unpaired) electrons. The fraction of sp³-hybridized carbons (Fsp3) is 0.235.